The molecule has 1 amide bonds. The van der Waals surface area contributed by atoms with Crippen LogP contribution in [-0.4, -0.2) is 66.2 Å². The number of hydrogen-bond donors (Lipinski definition) is 0. The maximum absolute atomic E-state index is 14.0. The van der Waals surface area contributed by atoms with E-state index in [9.17, 15) is 39.4 Å². The summed E-state index contributed by atoms with van der Waals surface area (Å²) < 4.78 is 22.2. The Balaban J connectivity index is 1.97. The van der Waals surface area contributed by atoms with Crippen molar-refractivity contribution in [1.29, 1.82) is 0 Å². The second-order valence-corrected chi connectivity index (χ2v) is 11.9. The molecule has 0 aromatic heterocycles. The summed E-state index contributed by atoms with van der Waals surface area (Å²) in [5, 5.41) is 22.8. The molecule has 1 aliphatic rings. The maximum atomic E-state index is 14.0. The summed E-state index contributed by atoms with van der Waals surface area (Å²) in [6.07, 6.45) is -0.759. The molecule has 15 heteroatoms. The number of amides is 1. The van der Waals surface area contributed by atoms with E-state index in [1.54, 1.807) is 41.8 Å². The van der Waals surface area contributed by atoms with Gasteiger partial charge in [0, 0.05) is 32.1 Å². The Morgan fingerprint density at radius 2 is 1.48 bits per heavy atom. The largest absolute Gasteiger partial charge is 0.426 e. The molecular weight excluding hydrogens is 606 g/mol. The number of nitro benzene ring substituents is 2. The first-order chi connectivity index (χ1) is 21.5. The number of aldehydes is 1. The van der Waals surface area contributed by atoms with Gasteiger partial charge in [-0.25, -0.2) is 0 Å². The van der Waals surface area contributed by atoms with Gasteiger partial charge >= 0.3 is 11.9 Å². The predicted molar refractivity (Wildman–Crippen MR) is 161 cm³/mol. The van der Waals surface area contributed by atoms with E-state index in [1.807, 2.05) is 0 Å². The Hall–Kier alpha value is -4.76. The molecule has 3 rings (SSSR count). The minimum Gasteiger partial charge on any atom is -0.426 e. The molecule has 1 fully saturated rings. The molecule has 0 saturated carbocycles. The SMILES string of the molecule is CCC(C)(CC(C)(CC(C)C(=O)N(C)C)C(=O)Oc1ccc([N+](=O)[O-])c(C2OCCO2)c1)C(=O)Oc1ccc([N+](=O)[O-])c(C=O)c1. The molecule has 1 saturated heterocycles. The van der Waals surface area contributed by atoms with Gasteiger partial charge in [-0.05, 0) is 57.4 Å². The number of rotatable bonds is 14. The van der Waals surface area contributed by atoms with E-state index < -0.39 is 50.5 Å². The molecule has 0 aliphatic carbocycles. The zero-order valence-corrected chi connectivity index (χ0v) is 26.5. The number of carbonyl (C=O) groups excluding carboxylic acids is 4. The molecule has 46 heavy (non-hydrogen) atoms. The topological polar surface area (TPSA) is 195 Å². The number of hydrogen-bond acceptors (Lipinski definition) is 12. The van der Waals surface area contributed by atoms with Gasteiger partial charge in [-0.2, -0.15) is 0 Å². The maximum Gasteiger partial charge on any atom is 0.317 e. The minimum absolute atomic E-state index is 0.0319. The van der Waals surface area contributed by atoms with E-state index in [0.717, 1.165) is 12.1 Å². The first-order valence-electron chi connectivity index (χ1n) is 14.5. The molecule has 3 atom stereocenters. The average molecular weight is 644 g/mol. The summed E-state index contributed by atoms with van der Waals surface area (Å²) in [4.78, 5) is 74.7. The molecule has 1 aliphatic heterocycles. The van der Waals surface area contributed by atoms with Crippen LogP contribution in [0.15, 0.2) is 36.4 Å². The molecule has 0 N–H and O–H groups in total. The standard InChI is InChI=1S/C31H37N3O12/c1-7-30(3,28(37)45-21-8-10-24(33(39)40)20(14-21)17-35)18-31(4,16-19(2)26(36)32(5)6)29(38)46-22-9-11-25(34(41)42)23(15-22)27-43-12-13-44-27/h8-11,14-15,17,19,27H,7,12-13,16,18H2,1-6H3. The van der Waals surface area contributed by atoms with Crippen molar-refractivity contribution in [1.82, 2.24) is 4.90 Å². The van der Waals surface area contributed by atoms with E-state index >= 15 is 0 Å². The van der Waals surface area contributed by atoms with Crippen LogP contribution in [0.1, 0.15) is 69.2 Å². The van der Waals surface area contributed by atoms with Crippen molar-refractivity contribution in [2.45, 2.75) is 53.2 Å². The highest BCUT2D eigenvalue weighted by Gasteiger charge is 2.47. The Bertz CT molecular complexity index is 1520. The average Bonchev–Trinajstić information content (AvgIpc) is 3.55. The van der Waals surface area contributed by atoms with Crippen molar-refractivity contribution >= 4 is 35.5 Å². The fraction of sp³-hybridized carbons (Fsp3) is 0.484. The van der Waals surface area contributed by atoms with E-state index in [0.29, 0.717) is 0 Å². The molecular formula is C31H37N3O12. The lowest BCUT2D eigenvalue weighted by molar-refractivity contribution is -0.386. The van der Waals surface area contributed by atoms with Crippen molar-refractivity contribution in [2.75, 3.05) is 27.3 Å². The van der Waals surface area contributed by atoms with Crippen molar-refractivity contribution in [3.63, 3.8) is 0 Å². The van der Waals surface area contributed by atoms with Gasteiger partial charge in [0.05, 0.1) is 45.0 Å². The summed E-state index contributed by atoms with van der Waals surface area (Å²) in [5.41, 5.74) is -3.78. The van der Waals surface area contributed by atoms with Crippen LogP contribution in [0.25, 0.3) is 0 Å². The van der Waals surface area contributed by atoms with Gasteiger partial charge in [-0.1, -0.05) is 13.8 Å². The summed E-state index contributed by atoms with van der Waals surface area (Å²) in [6, 6.07) is 7.03. The fourth-order valence-electron chi connectivity index (χ4n) is 5.44. The van der Waals surface area contributed by atoms with E-state index in [2.05, 4.69) is 0 Å². The Kier molecular flexibility index (Phi) is 11.3. The summed E-state index contributed by atoms with van der Waals surface area (Å²) >= 11 is 0. The lowest BCUT2D eigenvalue weighted by Crippen LogP contribution is -2.44. The molecule has 15 nitrogen and oxygen atoms in total. The van der Waals surface area contributed by atoms with Crippen LogP contribution in [0.2, 0.25) is 0 Å². The third-order valence-electron chi connectivity index (χ3n) is 7.98. The lowest BCUT2D eigenvalue weighted by Gasteiger charge is -2.37. The highest BCUT2D eigenvalue weighted by molar-refractivity contribution is 5.86. The van der Waals surface area contributed by atoms with Gasteiger partial charge < -0.3 is 23.8 Å². The predicted octanol–water partition coefficient (Wildman–Crippen LogP) is 4.80. The molecule has 0 radical (unpaired) electrons. The quantitative estimate of drug-likeness (QED) is 0.0898. The molecule has 2 aromatic rings. The second-order valence-electron chi connectivity index (χ2n) is 11.9. The van der Waals surface area contributed by atoms with Crippen LogP contribution in [0, 0.1) is 37.0 Å². The highest BCUT2D eigenvalue weighted by atomic mass is 16.7. The zero-order chi connectivity index (χ0) is 34.4. The van der Waals surface area contributed by atoms with Crippen molar-refractivity contribution < 1.29 is 48.0 Å². The van der Waals surface area contributed by atoms with Crippen LogP contribution in [-0.2, 0) is 23.9 Å². The summed E-state index contributed by atoms with van der Waals surface area (Å²) in [5.74, 6) is -2.66. The van der Waals surface area contributed by atoms with Crippen LogP contribution >= 0.6 is 0 Å². The Morgan fingerprint density at radius 1 is 0.957 bits per heavy atom. The third kappa shape index (κ3) is 8.09. The van der Waals surface area contributed by atoms with Crippen LogP contribution in [0.4, 0.5) is 11.4 Å². The Morgan fingerprint density at radius 3 is 1.98 bits per heavy atom. The Labute approximate surface area is 265 Å². The van der Waals surface area contributed by atoms with E-state index in [1.165, 1.54) is 29.2 Å². The molecule has 0 spiro atoms. The number of esters is 2. The summed E-state index contributed by atoms with van der Waals surface area (Å²) in [7, 11) is 3.15. The van der Waals surface area contributed by atoms with Crippen LogP contribution in [0.3, 0.4) is 0 Å². The molecule has 1 heterocycles. The van der Waals surface area contributed by atoms with Gasteiger partial charge in [0.25, 0.3) is 11.4 Å². The van der Waals surface area contributed by atoms with Crippen molar-refractivity contribution in [2.24, 2.45) is 16.7 Å². The second kappa shape index (κ2) is 14.6. The van der Waals surface area contributed by atoms with E-state index in [4.69, 9.17) is 18.9 Å². The van der Waals surface area contributed by atoms with Gasteiger partial charge in [0.2, 0.25) is 5.91 Å². The van der Waals surface area contributed by atoms with Gasteiger partial charge in [-0.15, -0.1) is 0 Å². The smallest absolute Gasteiger partial charge is 0.317 e. The summed E-state index contributed by atoms with van der Waals surface area (Å²) in [6.45, 7) is 6.93. The number of ether oxygens (including phenoxy) is 4. The zero-order valence-electron chi connectivity index (χ0n) is 26.5. The van der Waals surface area contributed by atoms with Gasteiger partial charge in [0.1, 0.15) is 11.5 Å². The normalized spacial score (nSPS) is 16.4. The van der Waals surface area contributed by atoms with E-state index in [-0.39, 0.29) is 73.0 Å². The first kappa shape index (κ1) is 35.7. The third-order valence-corrected chi connectivity index (χ3v) is 7.98. The van der Waals surface area contributed by atoms with Crippen molar-refractivity contribution in [3.05, 3.63) is 67.8 Å². The minimum atomic E-state index is -1.47. The molecule has 3 unspecified atom stereocenters. The first-order valence-corrected chi connectivity index (χ1v) is 14.5. The number of benzene rings is 2. The fourth-order valence-corrected chi connectivity index (χ4v) is 5.44. The molecule has 248 valence electrons. The lowest BCUT2D eigenvalue weighted by atomic mass is 9.68. The van der Waals surface area contributed by atoms with Gasteiger partial charge in [0.15, 0.2) is 12.6 Å². The number of carbonyl (C=O) groups is 4. The monoisotopic (exact) mass is 643 g/mol. The van der Waals surface area contributed by atoms with Crippen molar-refractivity contribution in [3.8, 4) is 11.5 Å². The highest BCUT2D eigenvalue weighted by Crippen LogP contribution is 2.44. The van der Waals surface area contributed by atoms with Gasteiger partial charge in [-0.3, -0.25) is 39.4 Å². The van der Waals surface area contributed by atoms with Crippen LogP contribution in [0.5, 0.6) is 11.5 Å². The number of nitrogens with zero attached hydrogens (tertiary/aromatic N) is 3. The molecule has 2 aromatic carbocycles. The number of nitro groups is 2. The molecule has 0 bridgehead atoms. The van der Waals surface area contributed by atoms with Crippen LogP contribution < -0.4 is 9.47 Å².